The van der Waals surface area contributed by atoms with Crippen molar-refractivity contribution in [3.8, 4) is 0 Å². The molecule has 0 saturated carbocycles. The van der Waals surface area contributed by atoms with E-state index in [9.17, 15) is 27.6 Å². The summed E-state index contributed by atoms with van der Waals surface area (Å²) in [4.78, 5) is 43.8. The van der Waals surface area contributed by atoms with Gasteiger partial charge in [0.15, 0.2) is 0 Å². The Hall–Kier alpha value is -2.91. The van der Waals surface area contributed by atoms with Crippen LogP contribution in [0.3, 0.4) is 0 Å². The largest absolute Gasteiger partial charge is 0.416 e. The topological polar surface area (TPSA) is 72.3 Å². The number of ketones is 2. The number of benzene rings is 1. The quantitative estimate of drug-likeness (QED) is 0.275. The van der Waals surface area contributed by atoms with Crippen molar-refractivity contribution in [1.82, 2.24) is 14.5 Å². The molecule has 3 aromatic rings. The Labute approximate surface area is 221 Å². The molecule has 196 valence electrons. The van der Waals surface area contributed by atoms with Gasteiger partial charge in [-0.3, -0.25) is 9.59 Å². The zero-order valence-electron chi connectivity index (χ0n) is 20.4. The van der Waals surface area contributed by atoms with Crippen LogP contribution in [-0.4, -0.2) is 45.0 Å². The highest BCUT2D eigenvalue weighted by atomic mass is 35.5. The van der Waals surface area contributed by atoms with E-state index in [4.69, 9.17) is 23.2 Å². The number of carbonyl (C=O) groups excluding carboxylic acids is 3. The highest BCUT2D eigenvalue weighted by Crippen LogP contribution is 2.36. The molecular weight excluding hydrogens is 530 g/mol. The predicted molar refractivity (Wildman–Crippen MR) is 134 cm³/mol. The minimum absolute atomic E-state index is 0.00809. The van der Waals surface area contributed by atoms with Crippen LogP contribution >= 0.6 is 23.2 Å². The van der Waals surface area contributed by atoms with Crippen molar-refractivity contribution in [2.45, 2.75) is 39.3 Å². The number of hydrogen-bond acceptors (Lipinski definition) is 4. The number of pyridine rings is 1. The zero-order chi connectivity index (χ0) is 27.2. The van der Waals surface area contributed by atoms with Gasteiger partial charge in [-0.1, -0.05) is 23.2 Å². The first-order valence-electron chi connectivity index (χ1n) is 11.6. The summed E-state index contributed by atoms with van der Waals surface area (Å²) in [6.07, 6.45) is -1.51. The lowest BCUT2D eigenvalue weighted by atomic mass is 9.92. The molecule has 0 aliphatic carbocycles. The molecule has 6 nitrogen and oxygen atoms in total. The summed E-state index contributed by atoms with van der Waals surface area (Å²) in [6, 6.07) is 3.49. The van der Waals surface area contributed by atoms with E-state index in [0.717, 1.165) is 12.1 Å². The van der Waals surface area contributed by atoms with Crippen LogP contribution in [-0.2, 0) is 18.0 Å². The van der Waals surface area contributed by atoms with Crippen molar-refractivity contribution >= 4 is 51.6 Å². The van der Waals surface area contributed by atoms with Gasteiger partial charge in [0.25, 0.3) is 5.91 Å². The number of halogens is 5. The molecule has 2 aromatic heterocycles. The molecule has 11 heteroatoms. The third kappa shape index (κ3) is 5.25. The first-order chi connectivity index (χ1) is 17.3. The van der Waals surface area contributed by atoms with E-state index in [2.05, 4.69) is 4.98 Å². The van der Waals surface area contributed by atoms with Crippen LogP contribution in [0.2, 0.25) is 10.2 Å². The van der Waals surface area contributed by atoms with Gasteiger partial charge >= 0.3 is 6.18 Å². The number of likely N-dealkylation sites (tertiary alicyclic amines) is 1. The van der Waals surface area contributed by atoms with E-state index in [0.29, 0.717) is 43.3 Å². The van der Waals surface area contributed by atoms with Crippen molar-refractivity contribution in [3.05, 3.63) is 62.5 Å². The van der Waals surface area contributed by atoms with Crippen LogP contribution in [0.25, 0.3) is 10.9 Å². The van der Waals surface area contributed by atoms with E-state index in [1.54, 1.807) is 11.8 Å². The highest BCUT2D eigenvalue weighted by Gasteiger charge is 2.33. The number of nitrogens with zero attached hydrogens (tertiary/aromatic N) is 3. The predicted octanol–water partition coefficient (Wildman–Crippen LogP) is 6.27. The summed E-state index contributed by atoms with van der Waals surface area (Å²) < 4.78 is 41.4. The number of rotatable bonds is 5. The number of carbonyl (C=O) groups is 3. The van der Waals surface area contributed by atoms with E-state index in [1.165, 1.54) is 30.8 Å². The van der Waals surface area contributed by atoms with Crippen LogP contribution in [0.4, 0.5) is 13.2 Å². The first-order valence-corrected chi connectivity index (χ1v) is 12.4. The molecule has 0 atom stereocenters. The molecule has 1 fully saturated rings. The minimum atomic E-state index is -4.54. The molecule has 0 unspecified atom stereocenters. The molecular formula is C26H24Cl2F3N3O3. The fraction of sp³-hybridized carbons (Fsp3) is 0.385. The second-order valence-corrected chi connectivity index (χ2v) is 10.2. The van der Waals surface area contributed by atoms with Gasteiger partial charge in [-0.15, -0.1) is 0 Å². The van der Waals surface area contributed by atoms with Crippen LogP contribution in [0, 0.1) is 12.8 Å². The number of fused-ring (bicyclic) bond motifs is 1. The number of amides is 1. The van der Waals surface area contributed by atoms with Crippen LogP contribution in [0.1, 0.15) is 63.7 Å². The number of Topliss-reactive ketones (excluding diaryl/α,β-unsaturated/α-hetero) is 1. The number of alkyl halides is 3. The minimum Gasteiger partial charge on any atom is -0.341 e. The molecule has 1 aliphatic heterocycles. The van der Waals surface area contributed by atoms with Crippen molar-refractivity contribution in [2.75, 3.05) is 13.1 Å². The first kappa shape index (κ1) is 27.1. The number of aromatic nitrogens is 2. The molecule has 0 spiro atoms. The van der Waals surface area contributed by atoms with Gasteiger partial charge in [0, 0.05) is 43.7 Å². The monoisotopic (exact) mass is 553 g/mol. The summed E-state index contributed by atoms with van der Waals surface area (Å²) in [5, 5.41) is 0.0863. The lowest BCUT2D eigenvalue weighted by Gasteiger charge is -2.32. The van der Waals surface area contributed by atoms with Crippen LogP contribution < -0.4 is 0 Å². The molecule has 1 amide bonds. The van der Waals surface area contributed by atoms with Crippen molar-refractivity contribution in [1.29, 1.82) is 0 Å². The Morgan fingerprint density at radius 1 is 1.11 bits per heavy atom. The highest BCUT2D eigenvalue weighted by molar-refractivity contribution is 6.42. The maximum atomic E-state index is 13.6. The number of hydrogen-bond donors (Lipinski definition) is 0. The fourth-order valence-electron chi connectivity index (χ4n) is 4.85. The van der Waals surface area contributed by atoms with Crippen molar-refractivity contribution < 1.29 is 27.6 Å². The molecule has 1 aliphatic rings. The van der Waals surface area contributed by atoms with Crippen molar-refractivity contribution in [3.63, 3.8) is 0 Å². The molecule has 0 N–H and O–H groups in total. The lowest BCUT2D eigenvalue weighted by molar-refractivity contribution is -0.137. The summed E-state index contributed by atoms with van der Waals surface area (Å²) in [7, 11) is 1.48. The number of aryl methyl sites for hydroxylation is 2. The summed E-state index contributed by atoms with van der Waals surface area (Å²) >= 11 is 12.8. The fourth-order valence-corrected chi connectivity index (χ4v) is 5.43. The average molecular weight is 554 g/mol. The van der Waals surface area contributed by atoms with E-state index < -0.39 is 23.4 Å². The summed E-state index contributed by atoms with van der Waals surface area (Å²) in [5.74, 6) is -0.752. The molecule has 37 heavy (non-hydrogen) atoms. The molecule has 4 rings (SSSR count). The number of piperidine rings is 1. The Morgan fingerprint density at radius 3 is 2.35 bits per heavy atom. The van der Waals surface area contributed by atoms with Gasteiger partial charge in [0.1, 0.15) is 10.9 Å². The second kappa shape index (κ2) is 10.1. The molecule has 1 aromatic carbocycles. The summed E-state index contributed by atoms with van der Waals surface area (Å²) in [6.45, 7) is 3.94. The van der Waals surface area contributed by atoms with Gasteiger partial charge in [0.2, 0.25) is 5.78 Å². The van der Waals surface area contributed by atoms with Crippen molar-refractivity contribution in [2.24, 2.45) is 13.0 Å². The smallest absolute Gasteiger partial charge is 0.341 e. The Bertz CT molecular complexity index is 1420. The molecule has 0 bridgehead atoms. The maximum Gasteiger partial charge on any atom is 0.416 e. The lowest BCUT2D eigenvalue weighted by Crippen LogP contribution is -2.39. The normalized spacial score (nSPS) is 14.9. The molecule has 1 saturated heterocycles. The summed E-state index contributed by atoms with van der Waals surface area (Å²) in [5.41, 5.74) is -0.384. The Balaban J connectivity index is 1.68. The third-order valence-corrected chi connectivity index (χ3v) is 7.51. The second-order valence-electron chi connectivity index (χ2n) is 9.43. The third-order valence-electron chi connectivity index (χ3n) is 6.83. The van der Waals surface area contributed by atoms with E-state index in [-0.39, 0.29) is 44.2 Å². The van der Waals surface area contributed by atoms with Crippen LogP contribution in [0.15, 0.2) is 24.4 Å². The molecule has 0 radical (unpaired) electrons. The van der Waals surface area contributed by atoms with Gasteiger partial charge in [-0.25, -0.2) is 4.98 Å². The Kier molecular flexibility index (Phi) is 7.41. The Morgan fingerprint density at radius 2 is 1.76 bits per heavy atom. The zero-order valence-corrected chi connectivity index (χ0v) is 21.9. The van der Waals surface area contributed by atoms with Gasteiger partial charge in [-0.2, -0.15) is 13.2 Å². The van der Waals surface area contributed by atoms with E-state index >= 15 is 0 Å². The maximum absolute atomic E-state index is 13.6. The average Bonchev–Trinajstić information content (AvgIpc) is 3.15. The molecule has 3 heterocycles. The standard InChI is InChI=1S/C26H24Cl2F3N3O3/c1-13-8-16(26(29,30)31)10-19-17(13)11-20(33(19)3)23(36)21-22(27)18(12-32-24(21)28)25(37)34-6-4-15(5-7-34)9-14(2)35/h8,10-12,15H,4-7,9H2,1-3H3. The van der Waals surface area contributed by atoms with E-state index in [1.807, 2.05) is 0 Å². The van der Waals surface area contributed by atoms with Crippen LogP contribution in [0.5, 0.6) is 0 Å². The van der Waals surface area contributed by atoms with Gasteiger partial charge in [-0.05, 0) is 56.4 Å². The SMILES string of the molecule is CC(=O)CC1CCN(C(=O)c2cnc(Cl)c(C(=O)c3cc4c(C)cc(C(F)(F)F)cc4n3C)c2Cl)CC1. The van der Waals surface area contributed by atoms with Gasteiger partial charge < -0.3 is 14.3 Å². The van der Waals surface area contributed by atoms with Gasteiger partial charge in [0.05, 0.1) is 27.4 Å².